The van der Waals surface area contributed by atoms with Gasteiger partial charge in [0, 0.05) is 18.4 Å². The monoisotopic (exact) mass is 220 g/mol. The first kappa shape index (κ1) is 10.3. The van der Waals surface area contributed by atoms with Gasteiger partial charge in [0.2, 0.25) is 0 Å². The Morgan fingerprint density at radius 1 is 1.12 bits per heavy atom. The first-order valence-corrected chi connectivity index (χ1v) is 6.60. The van der Waals surface area contributed by atoms with Crippen LogP contribution in [0.15, 0.2) is 10.6 Å². The Labute approximate surface area is 96.6 Å². The zero-order chi connectivity index (χ0) is 10.8. The number of aromatic nitrogens is 1. The summed E-state index contributed by atoms with van der Waals surface area (Å²) in [4.78, 5) is 4.47. The van der Waals surface area contributed by atoms with Gasteiger partial charge in [-0.05, 0) is 25.8 Å². The number of rotatable bonds is 2. The van der Waals surface area contributed by atoms with Crippen LogP contribution in [0.5, 0.6) is 0 Å². The van der Waals surface area contributed by atoms with Gasteiger partial charge in [-0.1, -0.05) is 19.3 Å². The van der Waals surface area contributed by atoms with E-state index >= 15 is 0 Å². The van der Waals surface area contributed by atoms with E-state index in [1.165, 1.54) is 38.5 Å². The Morgan fingerprint density at radius 3 is 2.75 bits per heavy atom. The van der Waals surface area contributed by atoms with Crippen LogP contribution in [-0.2, 0) is 0 Å². The van der Waals surface area contributed by atoms with Crippen LogP contribution in [0.3, 0.4) is 0 Å². The van der Waals surface area contributed by atoms with Gasteiger partial charge < -0.3 is 9.73 Å². The molecule has 1 saturated heterocycles. The van der Waals surface area contributed by atoms with Crippen molar-refractivity contribution >= 4 is 0 Å². The molecule has 1 aliphatic heterocycles. The maximum atomic E-state index is 5.96. The van der Waals surface area contributed by atoms with Gasteiger partial charge in [0.25, 0.3) is 0 Å². The van der Waals surface area contributed by atoms with Gasteiger partial charge in [0.15, 0.2) is 5.89 Å². The fourth-order valence-corrected chi connectivity index (χ4v) is 2.93. The Hall–Kier alpha value is -0.830. The lowest BCUT2D eigenvalue weighted by molar-refractivity contribution is 0.351. The molecule has 16 heavy (non-hydrogen) atoms. The third-order valence-electron chi connectivity index (χ3n) is 3.96. The molecule has 1 N–H and O–H groups in total. The molecule has 0 radical (unpaired) electrons. The third kappa shape index (κ3) is 2.01. The zero-order valence-corrected chi connectivity index (χ0v) is 9.74. The highest BCUT2D eigenvalue weighted by molar-refractivity contribution is 5.06. The molecular weight excluding hydrogens is 200 g/mol. The maximum Gasteiger partial charge on any atom is 0.198 e. The Morgan fingerprint density at radius 2 is 2.00 bits per heavy atom. The van der Waals surface area contributed by atoms with E-state index < -0.39 is 0 Å². The number of hydrogen-bond acceptors (Lipinski definition) is 3. The summed E-state index contributed by atoms with van der Waals surface area (Å²) >= 11 is 0. The molecule has 2 aliphatic rings. The van der Waals surface area contributed by atoms with E-state index in [1.54, 1.807) is 0 Å². The fourth-order valence-electron chi connectivity index (χ4n) is 2.93. The SMILES string of the molecule is c1nc(C2CCNC2)oc1C1CCCCC1. The van der Waals surface area contributed by atoms with Crippen molar-refractivity contribution in [3.05, 3.63) is 17.8 Å². The number of oxazole rings is 1. The molecule has 0 bridgehead atoms. The summed E-state index contributed by atoms with van der Waals surface area (Å²) in [5.41, 5.74) is 0. The van der Waals surface area contributed by atoms with E-state index in [4.69, 9.17) is 4.42 Å². The average Bonchev–Trinajstić information content (AvgIpc) is 3.01. The van der Waals surface area contributed by atoms with Gasteiger partial charge in [-0.15, -0.1) is 0 Å². The lowest BCUT2D eigenvalue weighted by Gasteiger charge is -2.18. The highest BCUT2D eigenvalue weighted by Gasteiger charge is 2.24. The molecule has 1 aromatic rings. The van der Waals surface area contributed by atoms with E-state index in [2.05, 4.69) is 10.3 Å². The van der Waals surface area contributed by atoms with Crippen LogP contribution in [0.1, 0.15) is 62.0 Å². The van der Waals surface area contributed by atoms with Gasteiger partial charge >= 0.3 is 0 Å². The van der Waals surface area contributed by atoms with Crippen molar-refractivity contribution in [2.75, 3.05) is 13.1 Å². The van der Waals surface area contributed by atoms with E-state index in [-0.39, 0.29) is 0 Å². The molecule has 1 aromatic heterocycles. The van der Waals surface area contributed by atoms with Gasteiger partial charge in [-0.25, -0.2) is 4.98 Å². The lowest BCUT2D eigenvalue weighted by Crippen LogP contribution is -2.08. The van der Waals surface area contributed by atoms with Crippen molar-refractivity contribution in [2.24, 2.45) is 0 Å². The van der Waals surface area contributed by atoms with Crippen LogP contribution in [-0.4, -0.2) is 18.1 Å². The van der Waals surface area contributed by atoms with Crippen molar-refractivity contribution in [3.8, 4) is 0 Å². The molecule has 0 amide bonds. The second-order valence-corrected chi connectivity index (χ2v) is 5.13. The minimum Gasteiger partial charge on any atom is -0.445 e. The summed E-state index contributed by atoms with van der Waals surface area (Å²) in [7, 11) is 0. The van der Waals surface area contributed by atoms with Gasteiger partial charge in [-0.2, -0.15) is 0 Å². The van der Waals surface area contributed by atoms with Gasteiger partial charge in [0.1, 0.15) is 5.76 Å². The second-order valence-electron chi connectivity index (χ2n) is 5.13. The van der Waals surface area contributed by atoms with Gasteiger partial charge in [0.05, 0.1) is 6.20 Å². The Bertz CT molecular complexity index is 335. The molecule has 1 atom stereocenters. The Kier molecular flexibility index (Phi) is 2.96. The quantitative estimate of drug-likeness (QED) is 0.832. The minimum absolute atomic E-state index is 0.511. The molecule has 2 fully saturated rings. The summed E-state index contributed by atoms with van der Waals surface area (Å²) in [6.07, 6.45) is 9.82. The standard InChI is InChI=1S/C13H20N2O/c1-2-4-10(5-3-1)12-9-15-13(16-12)11-6-7-14-8-11/h9-11,14H,1-8H2. The molecule has 1 unspecified atom stereocenters. The van der Waals surface area contributed by atoms with Crippen molar-refractivity contribution in [1.82, 2.24) is 10.3 Å². The summed E-state index contributed by atoms with van der Waals surface area (Å²) < 4.78 is 5.96. The second kappa shape index (κ2) is 4.58. The van der Waals surface area contributed by atoms with Crippen LogP contribution >= 0.6 is 0 Å². The van der Waals surface area contributed by atoms with Crippen LogP contribution < -0.4 is 5.32 Å². The third-order valence-corrected chi connectivity index (χ3v) is 3.96. The Balaban J connectivity index is 1.71. The number of nitrogens with one attached hydrogen (secondary N) is 1. The van der Waals surface area contributed by atoms with E-state index in [9.17, 15) is 0 Å². The van der Waals surface area contributed by atoms with Crippen molar-refractivity contribution in [3.63, 3.8) is 0 Å². The smallest absolute Gasteiger partial charge is 0.198 e. The zero-order valence-electron chi connectivity index (χ0n) is 9.74. The lowest BCUT2D eigenvalue weighted by atomic mass is 9.88. The van der Waals surface area contributed by atoms with Crippen LogP contribution in [0, 0.1) is 0 Å². The summed E-state index contributed by atoms with van der Waals surface area (Å²) in [6.45, 7) is 2.14. The van der Waals surface area contributed by atoms with Crippen molar-refractivity contribution in [1.29, 1.82) is 0 Å². The fraction of sp³-hybridized carbons (Fsp3) is 0.769. The molecule has 2 heterocycles. The molecule has 88 valence electrons. The molecule has 1 saturated carbocycles. The van der Waals surface area contributed by atoms with Crippen LogP contribution in [0.4, 0.5) is 0 Å². The summed E-state index contributed by atoms with van der Waals surface area (Å²) in [5.74, 6) is 3.26. The summed E-state index contributed by atoms with van der Waals surface area (Å²) in [5, 5.41) is 3.36. The number of nitrogens with zero attached hydrogens (tertiary/aromatic N) is 1. The highest BCUT2D eigenvalue weighted by Crippen LogP contribution is 2.34. The molecule has 0 aromatic carbocycles. The van der Waals surface area contributed by atoms with Crippen LogP contribution in [0.2, 0.25) is 0 Å². The summed E-state index contributed by atoms with van der Waals surface area (Å²) in [6, 6.07) is 0. The van der Waals surface area contributed by atoms with Gasteiger partial charge in [-0.3, -0.25) is 0 Å². The molecule has 3 nitrogen and oxygen atoms in total. The first-order chi connectivity index (χ1) is 7.93. The largest absolute Gasteiger partial charge is 0.445 e. The van der Waals surface area contributed by atoms with E-state index in [0.29, 0.717) is 11.8 Å². The topological polar surface area (TPSA) is 38.1 Å². The molecule has 0 spiro atoms. The predicted octanol–water partition coefficient (Wildman–Crippen LogP) is 2.80. The molecular formula is C13H20N2O. The molecule has 3 rings (SSSR count). The molecule has 1 aliphatic carbocycles. The molecule has 3 heteroatoms. The average molecular weight is 220 g/mol. The van der Waals surface area contributed by atoms with Crippen LogP contribution in [0.25, 0.3) is 0 Å². The maximum absolute atomic E-state index is 5.96. The normalized spacial score (nSPS) is 27.4. The minimum atomic E-state index is 0.511. The van der Waals surface area contributed by atoms with E-state index in [0.717, 1.165) is 24.7 Å². The van der Waals surface area contributed by atoms with E-state index in [1.807, 2.05) is 6.20 Å². The highest BCUT2D eigenvalue weighted by atomic mass is 16.4. The van der Waals surface area contributed by atoms with Crippen molar-refractivity contribution in [2.45, 2.75) is 50.4 Å². The van der Waals surface area contributed by atoms with Crippen molar-refractivity contribution < 1.29 is 4.42 Å². The number of hydrogen-bond donors (Lipinski definition) is 1. The predicted molar refractivity (Wildman–Crippen MR) is 62.6 cm³/mol. The first-order valence-electron chi connectivity index (χ1n) is 6.60.